The molecule has 1 fully saturated rings. The second-order valence-electron chi connectivity index (χ2n) is 16.9. The lowest BCUT2D eigenvalue weighted by molar-refractivity contribution is -0.305. The summed E-state index contributed by atoms with van der Waals surface area (Å²) in [7, 11) is 0. The molecule has 0 aromatic heterocycles. The minimum Gasteiger partial charge on any atom is -0.462 e. The number of carbonyl (C=O) groups excluding carboxylic acids is 2. The minimum absolute atomic E-state index is 0.190. The van der Waals surface area contributed by atoms with Gasteiger partial charge in [-0.1, -0.05) is 186 Å². The number of aliphatic hydroxyl groups is 4. The van der Waals surface area contributed by atoms with Crippen molar-refractivity contribution in [2.45, 2.75) is 256 Å². The van der Waals surface area contributed by atoms with Crippen molar-refractivity contribution in [1.82, 2.24) is 0 Å². The maximum absolute atomic E-state index is 12.8. The molecule has 1 aliphatic heterocycles. The molecule has 4 N–H and O–H groups in total. The molecule has 1 rings (SSSR count). The topological polar surface area (TPSA) is 152 Å². The molecule has 0 spiro atoms. The lowest BCUT2D eigenvalue weighted by Crippen LogP contribution is -2.59. The molecule has 0 aliphatic carbocycles. The molecule has 0 saturated carbocycles. The third-order valence-electron chi connectivity index (χ3n) is 11.3. The van der Waals surface area contributed by atoms with Gasteiger partial charge < -0.3 is 39.4 Å². The van der Waals surface area contributed by atoms with Gasteiger partial charge in [-0.05, 0) is 44.9 Å². The highest BCUT2D eigenvalue weighted by Gasteiger charge is 2.44. The van der Waals surface area contributed by atoms with Crippen molar-refractivity contribution < 1.29 is 49.0 Å². The Hall–Kier alpha value is -1.82. The van der Waals surface area contributed by atoms with E-state index in [2.05, 4.69) is 38.2 Å². The van der Waals surface area contributed by atoms with E-state index in [-0.39, 0.29) is 32.0 Å². The van der Waals surface area contributed by atoms with Gasteiger partial charge in [-0.3, -0.25) is 9.59 Å². The number of allylic oxidation sites excluding steroid dienone is 4. The highest BCUT2D eigenvalue weighted by Crippen LogP contribution is 2.23. The molecule has 346 valence electrons. The molecular formula is C49H90O10. The Morgan fingerprint density at radius 3 is 1.44 bits per heavy atom. The Labute approximate surface area is 360 Å². The second kappa shape index (κ2) is 40.3. The van der Waals surface area contributed by atoms with Gasteiger partial charge in [0.2, 0.25) is 0 Å². The SMILES string of the molecule is CCCCCCCC/C=C/C/C=C/CCCCC(=O)O[C@@H](COC(=O)CCCCCCCCCCCCCCCCCCCCC)CO[C@H]1O[C@@H](CO)[C@@H](O)C(O)C1O. The van der Waals surface area contributed by atoms with E-state index in [9.17, 15) is 30.0 Å². The van der Waals surface area contributed by atoms with Crippen molar-refractivity contribution in [1.29, 1.82) is 0 Å². The van der Waals surface area contributed by atoms with Gasteiger partial charge in [-0.2, -0.15) is 0 Å². The van der Waals surface area contributed by atoms with E-state index in [4.69, 9.17) is 18.9 Å². The largest absolute Gasteiger partial charge is 0.462 e. The van der Waals surface area contributed by atoms with Crippen molar-refractivity contribution >= 4 is 11.9 Å². The fourth-order valence-corrected chi connectivity index (χ4v) is 7.45. The van der Waals surface area contributed by atoms with Crippen LogP contribution in [0.1, 0.15) is 219 Å². The summed E-state index contributed by atoms with van der Waals surface area (Å²) in [5, 5.41) is 40.1. The van der Waals surface area contributed by atoms with Crippen molar-refractivity contribution in [2.24, 2.45) is 0 Å². The zero-order valence-electron chi connectivity index (χ0n) is 37.8. The van der Waals surface area contributed by atoms with Crippen LogP contribution in [-0.4, -0.2) is 89.0 Å². The van der Waals surface area contributed by atoms with Crippen molar-refractivity contribution in [3.63, 3.8) is 0 Å². The molecule has 0 radical (unpaired) electrons. The number of esters is 2. The Morgan fingerprint density at radius 1 is 0.525 bits per heavy atom. The Bertz CT molecular complexity index is 1020. The molecule has 2 unspecified atom stereocenters. The van der Waals surface area contributed by atoms with E-state index in [1.54, 1.807) is 0 Å². The summed E-state index contributed by atoms with van der Waals surface area (Å²) in [6.45, 7) is 3.41. The molecule has 10 nitrogen and oxygen atoms in total. The van der Waals surface area contributed by atoms with Crippen LogP contribution in [0.3, 0.4) is 0 Å². The van der Waals surface area contributed by atoms with Crippen molar-refractivity contribution in [2.75, 3.05) is 19.8 Å². The molecule has 0 aromatic rings. The standard InChI is InChI=1S/C49H90O10/c1-3-5-7-9-11-13-15-17-19-20-21-22-24-25-27-29-31-33-35-37-44(51)56-40-42(41-57-49-48(55)47(54)46(53)43(39-50)59-49)58-45(52)38-36-34-32-30-28-26-23-18-16-14-12-10-8-6-4-2/h18,23,28,30,42-43,46-50,53-55H,3-17,19-22,24-27,29,31-41H2,1-2H3/b23-18+,30-28+/t42-,43-,46+,47?,48?,49-/m0/s1. The molecule has 1 aliphatic rings. The molecular weight excluding hydrogens is 749 g/mol. The molecule has 0 aromatic carbocycles. The average molecular weight is 839 g/mol. The van der Waals surface area contributed by atoms with E-state index in [0.717, 1.165) is 44.9 Å². The predicted octanol–water partition coefficient (Wildman–Crippen LogP) is 10.9. The number of unbranched alkanes of at least 4 members (excludes halogenated alkanes) is 26. The number of hydrogen-bond donors (Lipinski definition) is 4. The molecule has 1 saturated heterocycles. The second-order valence-corrected chi connectivity index (χ2v) is 16.9. The maximum atomic E-state index is 12.8. The molecule has 0 amide bonds. The summed E-state index contributed by atoms with van der Waals surface area (Å²) in [6, 6.07) is 0. The lowest BCUT2D eigenvalue weighted by Gasteiger charge is -2.39. The quantitative estimate of drug-likeness (QED) is 0.0266. The predicted molar refractivity (Wildman–Crippen MR) is 238 cm³/mol. The average Bonchev–Trinajstić information content (AvgIpc) is 3.23. The molecule has 10 heteroatoms. The van der Waals surface area contributed by atoms with Crippen LogP contribution in [0.25, 0.3) is 0 Å². The minimum atomic E-state index is -1.60. The summed E-state index contributed by atoms with van der Waals surface area (Å²) in [4.78, 5) is 25.4. The molecule has 0 bridgehead atoms. The van der Waals surface area contributed by atoms with Gasteiger partial charge in [0.1, 0.15) is 31.0 Å². The van der Waals surface area contributed by atoms with E-state index < -0.39 is 49.4 Å². The van der Waals surface area contributed by atoms with Crippen LogP contribution in [0, 0.1) is 0 Å². The van der Waals surface area contributed by atoms with Crippen LogP contribution in [0.4, 0.5) is 0 Å². The molecule has 6 atom stereocenters. The number of ether oxygens (including phenoxy) is 4. The summed E-state index contributed by atoms with van der Waals surface area (Å²) in [5.74, 6) is -0.834. The highest BCUT2D eigenvalue weighted by atomic mass is 16.7. The van der Waals surface area contributed by atoms with Crippen LogP contribution in [0.5, 0.6) is 0 Å². The fraction of sp³-hybridized carbons (Fsp3) is 0.878. The third kappa shape index (κ3) is 31.7. The smallest absolute Gasteiger partial charge is 0.306 e. The van der Waals surface area contributed by atoms with E-state index in [1.807, 2.05) is 0 Å². The number of rotatable bonds is 41. The van der Waals surface area contributed by atoms with Crippen LogP contribution < -0.4 is 0 Å². The zero-order valence-corrected chi connectivity index (χ0v) is 37.8. The maximum Gasteiger partial charge on any atom is 0.306 e. The van der Waals surface area contributed by atoms with Gasteiger partial charge in [0.15, 0.2) is 12.4 Å². The summed E-state index contributed by atoms with van der Waals surface area (Å²) < 4.78 is 22.2. The number of carbonyl (C=O) groups is 2. The van der Waals surface area contributed by atoms with E-state index in [1.165, 1.54) is 141 Å². The molecule has 59 heavy (non-hydrogen) atoms. The third-order valence-corrected chi connectivity index (χ3v) is 11.3. The van der Waals surface area contributed by atoms with Crippen LogP contribution >= 0.6 is 0 Å². The van der Waals surface area contributed by atoms with Gasteiger partial charge in [0.05, 0.1) is 13.2 Å². The van der Waals surface area contributed by atoms with Gasteiger partial charge in [0, 0.05) is 12.8 Å². The van der Waals surface area contributed by atoms with Gasteiger partial charge in [-0.15, -0.1) is 0 Å². The van der Waals surface area contributed by atoms with Crippen molar-refractivity contribution in [3.05, 3.63) is 24.3 Å². The summed E-state index contributed by atoms with van der Waals surface area (Å²) >= 11 is 0. The lowest BCUT2D eigenvalue weighted by atomic mass is 9.99. The molecule has 1 heterocycles. The Morgan fingerprint density at radius 2 is 0.949 bits per heavy atom. The first-order valence-electron chi connectivity index (χ1n) is 24.4. The van der Waals surface area contributed by atoms with Crippen LogP contribution in [0.2, 0.25) is 0 Å². The summed E-state index contributed by atoms with van der Waals surface area (Å²) in [5.41, 5.74) is 0. The van der Waals surface area contributed by atoms with Gasteiger partial charge in [0.25, 0.3) is 0 Å². The number of hydrogen-bond acceptors (Lipinski definition) is 10. The van der Waals surface area contributed by atoms with E-state index >= 15 is 0 Å². The first-order valence-corrected chi connectivity index (χ1v) is 24.4. The van der Waals surface area contributed by atoms with Crippen LogP contribution in [0.15, 0.2) is 24.3 Å². The monoisotopic (exact) mass is 839 g/mol. The first kappa shape index (κ1) is 55.2. The van der Waals surface area contributed by atoms with E-state index in [0.29, 0.717) is 6.42 Å². The van der Waals surface area contributed by atoms with Crippen molar-refractivity contribution in [3.8, 4) is 0 Å². The Balaban J connectivity index is 2.29. The number of aliphatic hydroxyl groups excluding tert-OH is 4. The van der Waals surface area contributed by atoms with Crippen LogP contribution in [-0.2, 0) is 28.5 Å². The fourth-order valence-electron chi connectivity index (χ4n) is 7.45. The highest BCUT2D eigenvalue weighted by molar-refractivity contribution is 5.70. The first-order chi connectivity index (χ1) is 28.8. The normalized spacial score (nSPS) is 20.1. The van der Waals surface area contributed by atoms with Gasteiger partial charge >= 0.3 is 11.9 Å². The van der Waals surface area contributed by atoms with Gasteiger partial charge in [-0.25, -0.2) is 0 Å². The Kier molecular flexibility index (Phi) is 37.7. The summed E-state index contributed by atoms with van der Waals surface area (Å²) in [6.07, 6.45) is 37.6. The zero-order chi connectivity index (χ0) is 43.0.